The number of rotatable bonds is 4. The molecular formula is C13H20N2O4S. The van der Waals surface area contributed by atoms with Gasteiger partial charge in [0.15, 0.2) is 0 Å². The van der Waals surface area contributed by atoms with Crippen LogP contribution in [0.15, 0.2) is 0 Å². The van der Waals surface area contributed by atoms with Gasteiger partial charge in [-0.3, -0.25) is 14.4 Å². The smallest absolute Gasteiger partial charge is 0.323 e. The largest absolute Gasteiger partial charge is 0.480 e. The standard InChI is InChI=1S/C13H20N2O4S/c1-8(2)14(6-11(17)18)12(19)9-7-20-13(3)5-4-10(16)15(9)13/h8-9H,4-7H2,1-3H3,(H,17,18). The molecule has 1 N–H and O–H groups in total. The average Bonchev–Trinajstić information content (AvgIpc) is 2.83. The molecule has 2 fully saturated rings. The SMILES string of the molecule is CC(C)N(CC(=O)O)C(=O)C1CSC2(C)CCC(=O)N12. The maximum atomic E-state index is 12.6. The van der Waals surface area contributed by atoms with Crippen LogP contribution >= 0.6 is 11.8 Å². The molecule has 2 aliphatic heterocycles. The van der Waals surface area contributed by atoms with Crippen LogP contribution in [0.25, 0.3) is 0 Å². The van der Waals surface area contributed by atoms with E-state index >= 15 is 0 Å². The van der Waals surface area contributed by atoms with Crippen molar-refractivity contribution in [2.24, 2.45) is 0 Å². The number of aliphatic carboxylic acids is 1. The first kappa shape index (κ1) is 15.2. The highest BCUT2D eigenvalue weighted by Gasteiger charge is 2.53. The second-order valence-electron chi connectivity index (χ2n) is 5.72. The van der Waals surface area contributed by atoms with Crippen LogP contribution in [0.3, 0.4) is 0 Å². The highest BCUT2D eigenvalue weighted by Crippen LogP contribution is 2.47. The van der Waals surface area contributed by atoms with Crippen molar-refractivity contribution in [3.8, 4) is 0 Å². The molecule has 0 saturated carbocycles. The molecule has 0 spiro atoms. The van der Waals surface area contributed by atoms with Crippen LogP contribution in [-0.4, -0.2) is 61.9 Å². The van der Waals surface area contributed by atoms with Gasteiger partial charge in [0.2, 0.25) is 11.8 Å². The van der Waals surface area contributed by atoms with Crippen molar-refractivity contribution < 1.29 is 19.5 Å². The molecule has 0 radical (unpaired) electrons. The summed E-state index contributed by atoms with van der Waals surface area (Å²) in [6, 6.07) is -0.727. The molecule has 2 rings (SSSR count). The minimum Gasteiger partial charge on any atom is -0.480 e. The number of carbonyl (C=O) groups excluding carboxylic acids is 2. The van der Waals surface area contributed by atoms with E-state index in [1.54, 1.807) is 30.5 Å². The van der Waals surface area contributed by atoms with E-state index < -0.39 is 12.0 Å². The quantitative estimate of drug-likeness (QED) is 0.829. The van der Waals surface area contributed by atoms with E-state index in [1.807, 2.05) is 6.92 Å². The normalized spacial score (nSPS) is 28.9. The number of carbonyl (C=O) groups is 3. The summed E-state index contributed by atoms with van der Waals surface area (Å²) in [6.45, 7) is 5.23. The first-order valence-electron chi connectivity index (χ1n) is 6.74. The van der Waals surface area contributed by atoms with Crippen molar-refractivity contribution in [3.63, 3.8) is 0 Å². The Kier molecular flexibility index (Phi) is 4.00. The highest BCUT2D eigenvalue weighted by molar-refractivity contribution is 8.01. The second kappa shape index (κ2) is 5.27. The number of amides is 2. The van der Waals surface area contributed by atoms with Crippen molar-refractivity contribution in [3.05, 3.63) is 0 Å². The van der Waals surface area contributed by atoms with E-state index in [0.29, 0.717) is 12.2 Å². The second-order valence-corrected chi connectivity index (χ2v) is 7.22. The molecule has 2 unspecified atom stereocenters. The lowest BCUT2D eigenvalue weighted by Crippen LogP contribution is -2.54. The van der Waals surface area contributed by atoms with Gasteiger partial charge in [-0.05, 0) is 27.2 Å². The molecule has 2 atom stereocenters. The van der Waals surface area contributed by atoms with Gasteiger partial charge in [-0.25, -0.2) is 0 Å². The molecule has 0 aliphatic carbocycles. The summed E-state index contributed by atoms with van der Waals surface area (Å²) in [6.07, 6.45) is 1.22. The Balaban J connectivity index is 2.20. The lowest BCUT2D eigenvalue weighted by molar-refractivity contribution is -0.150. The first-order valence-corrected chi connectivity index (χ1v) is 7.73. The number of carboxylic acid groups (broad SMARTS) is 1. The van der Waals surface area contributed by atoms with Gasteiger partial charge in [-0.1, -0.05) is 0 Å². The van der Waals surface area contributed by atoms with Crippen LogP contribution in [0, 0.1) is 0 Å². The van der Waals surface area contributed by atoms with E-state index in [9.17, 15) is 14.4 Å². The lowest BCUT2D eigenvalue weighted by Gasteiger charge is -2.34. The van der Waals surface area contributed by atoms with Crippen molar-refractivity contribution in [1.29, 1.82) is 0 Å². The number of thioether (sulfide) groups is 1. The Morgan fingerprint density at radius 2 is 2.20 bits per heavy atom. The van der Waals surface area contributed by atoms with Crippen LogP contribution in [0.4, 0.5) is 0 Å². The minimum atomic E-state index is -1.03. The number of hydrogen-bond donors (Lipinski definition) is 1. The van der Waals surface area contributed by atoms with E-state index in [4.69, 9.17) is 5.11 Å². The number of carboxylic acids is 1. The van der Waals surface area contributed by atoms with E-state index in [0.717, 1.165) is 6.42 Å². The molecule has 2 amide bonds. The zero-order valence-corrected chi connectivity index (χ0v) is 12.8. The highest BCUT2D eigenvalue weighted by atomic mass is 32.2. The van der Waals surface area contributed by atoms with Gasteiger partial charge in [-0.2, -0.15) is 0 Å². The van der Waals surface area contributed by atoms with Gasteiger partial charge in [0.25, 0.3) is 0 Å². The fourth-order valence-electron chi connectivity index (χ4n) is 2.86. The molecule has 112 valence electrons. The van der Waals surface area contributed by atoms with Crippen molar-refractivity contribution >= 4 is 29.5 Å². The van der Waals surface area contributed by atoms with Crippen LogP contribution in [0.2, 0.25) is 0 Å². The number of fused-ring (bicyclic) bond motifs is 1. The van der Waals surface area contributed by atoms with Gasteiger partial charge < -0.3 is 14.9 Å². The minimum absolute atomic E-state index is 0.00474. The summed E-state index contributed by atoms with van der Waals surface area (Å²) in [5.41, 5.74) is 0. The van der Waals surface area contributed by atoms with Gasteiger partial charge in [0.1, 0.15) is 12.6 Å². The fourth-order valence-corrected chi connectivity index (χ4v) is 4.28. The van der Waals surface area contributed by atoms with Crippen molar-refractivity contribution in [1.82, 2.24) is 9.80 Å². The molecule has 0 aromatic carbocycles. The van der Waals surface area contributed by atoms with Crippen LogP contribution in [-0.2, 0) is 14.4 Å². The Hall–Kier alpha value is -1.24. The van der Waals surface area contributed by atoms with E-state index in [1.165, 1.54) is 4.90 Å². The summed E-state index contributed by atoms with van der Waals surface area (Å²) >= 11 is 1.61. The van der Waals surface area contributed by atoms with Crippen molar-refractivity contribution in [2.75, 3.05) is 12.3 Å². The molecule has 0 aromatic rings. The third kappa shape index (κ3) is 2.51. The Morgan fingerprint density at radius 3 is 2.75 bits per heavy atom. The van der Waals surface area contributed by atoms with E-state index in [-0.39, 0.29) is 29.3 Å². The molecule has 7 heteroatoms. The zero-order valence-electron chi connectivity index (χ0n) is 12.0. The summed E-state index contributed by atoms with van der Waals surface area (Å²) in [7, 11) is 0. The maximum Gasteiger partial charge on any atom is 0.323 e. The van der Waals surface area contributed by atoms with Crippen LogP contribution < -0.4 is 0 Å². The van der Waals surface area contributed by atoms with Gasteiger partial charge in [0, 0.05) is 18.2 Å². The van der Waals surface area contributed by atoms with Gasteiger partial charge in [0.05, 0.1) is 4.87 Å². The predicted molar refractivity (Wildman–Crippen MR) is 75.2 cm³/mol. The number of nitrogens with zero attached hydrogens (tertiary/aromatic N) is 2. The fraction of sp³-hybridized carbons (Fsp3) is 0.769. The number of hydrogen-bond acceptors (Lipinski definition) is 4. The average molecular weight is 300 g/mol. The zero-order chi connectivity index (χ0) is 15.1. The molecule has 0 aromatic heterocycles. The Bertz CT molecular complexity index is 454. The topological polar surface area (TPSA) is 77.9 Å². The van der Waals surface area contributed by atoms with Crippen LogP contribution in [0.1, 0.15) is 33.6 Å². The summed E-state index contributed by atoms with van der Waals surface area (Å²) < 4.78 is 0. The van der Waals surface area contributed by atoms with Crippen LogP contribution in [0.5, 0.6) is 0 Å². The molecule has 0 bridgehead atoms. The Labute approximate surface area is 122 Å². The first-order chi connectivity index (χ1) is 9.26. The van der Waals surface area contributed by atoms with Crippen molar-refractivity contribution in [2.45, 2.75) is 50.6 Å². The summed E-state index contributed by atoms with van der Waals surface area (Å²) in [5.74, 6) is -0.749. The van der Waals surface area contributed by atoms with E-state index in [2.05, 4.69) is 0 Å². The molecular weight excluding hydrogens is 280 g/mol. The summed E-state index contributed by atoms with van der Waals surface area (Å²) in [4.78, 5) is 38.2. The molecule has 2 saturated heterocycles. The lowest BCUT2D eigenvalue weighted by atomic mass is 10.1. The Morgan fingerprint density at radius 1 is 1.55 bits per heavy atom. The molecule has 2 heterocycles. The monoisotopic (exact) mass is 300 g/mol. The summed E-state index contributed by atoms with van der Waals surface area (Å²) in [5, 5.41) is 8.93. The van der Waals surface area contributed by atoms with Gasteiger partial charge in [-0.15, -0.1) is 11.8 Å². The maximum absolute atomic E-state index is 12.6. The molecule has 20 heavy (non-hydrogen) atoms. The third-order valence-corrected chi connectivity index (χ3v) is 5.45. The molecule has 6 nitrogen and oxygen atoms in total. The predicted octanol–water partition coefficient (Wildman–Crippen LogP) is 0.762. The van der Waals surface area contributed by atoms with Gasteiger partial charge >= 0.3 is 5.97 Å². The molecule has 2 aliphatic rings. The third-order valence-electron chi connectivity index (χ3n) is 3.94.